The van der Waals surface area contributed by atoms with E-state index >= 15 is 0 Å². The second-order valence-corrected chi connectivity index (χ2v) is 6.84. The van der Waals surface area contributed by atoms with E-state index in [9.17, 15) is 9.59 Å². The molecule has 7 heteroatoms. The lowest BCUT2D eigenvalue weighted by molar-refractivity contribution is -0.127. The fourth-order valence-electron chi connectivity index (χ4n) is 3.98. The number of fused-ring (bicyclic) bond motifs is 1. The second-order valence-electron chi connectivity index (χ2n) is 6.84. The van der Waals surface area contributed by atoms with Crippen molar-refractivity contribution in [2.45, 2.75) is 33.2 Å². The first-order chi connectivity index (χ1) is 13.0. The Morgan fingerprint density at radius 1 is 1.30 bits per heavy atom. The summed E-state index contributed by atoms with van der Waals surface area (Å²) in [6, 6.07) is 5.38. The summed E-state index contributed by atoms with van der Waals surface area (Å²) in [5, 5.41) is 2.89. The van der Waals surface area contributed by atoms with Crippen LogP contribution in [0.25, 0.3) is 11.3 Å². The molecule has 0 spiro atoms. The van der Waals surface area contributed by atoms with Gasteiger partial charge in [0, 0.05) is 12.4 Å². The summed E-state index contributed by atoms with van der Waals surface area (Å²) in [6.07, 6.45) is 4.35. The third-order valence-electron chi connectivity index (χ3n) is 5.36. The molecule has 1 saturated heterocycles. The fourth-order valence-corrected chi connectivity index (χ4v) is 3.98. The molecule has 1 aromatic carbocycles. The van der Waals surface area contributed by atoms with Crippen molar-refractivity contribution in [3.8, 4) is 11.4 Å². The van der Waals surface area contributed by atoms with Gasteiger partial charge in [-0.3, -0.25) is 4.79 Å². The van der Waals surface area contributed by atoms with Crippen molar-refractivity contribution < 1.29 is 14.3 Å². The number of urea groups is 1. The molecular weight excluding hydrogens is 344 g/mol. The van der Waals surface area contributed by atoms with Gasteiger partial charge in [-0.1, -0.05) is 13.0 Å². The average molecular weight is 366 g/mol. The Labute approximate surface area is 157 Å². The molecule has 2 atom stereocenters. The number of hydrogen-bond acceptors (Lipinski definition) is 4. The van der Waals surface area contributed by atoms with E-state index in [1.54, 1.807) is 13.3 Å². The number of ether oxygens (including phenoxy) is 1. The molecule has 1 aromatic heterocycles. The van der Waals surface area contributed by atoms with Crippen LogP contribution in [-0.4, -0.2) is 39.5 Å². The Kier molecular flexibility index (Phi) is 4.02. The predicted octanol–water partition coefficient (Wildman–Crippen LogP) is 2.88. The smallest absolute Gasteiger partial charge is 0.329 e. The van der Waals surface area contributed by atoms with E-state index in [2.05, 4.69) is 10.3 Å². The number of carbonyl (C=O) groups is 2. The van der Waals surface area contributed by atoms with E-state index in [0.29, 0.717) is 5.75 Å². The van der Waals surface area contributed by atoms with Gasteiger partial charge in [-0.15, -0.1) is 0 Å². The molecule has 2 aliphatic heterocycles. The topological polar surface area (TPSA) is 76.5 Å². The number of aromatic nitrogens is 2. The number of rotatable bonds is 4. The molecule has 3 amide bonds. The normalized spacial score (nSPS) is 21.7. The third kappa shape index (κ3) is 2.45. The molecule has 0 radical (unpaired) electrons. The number of imide groups is 1. The molecular formula is C20H22N4O3. The van der Waals surface area contributed by atoms with Crippen LogP contribution in [0.4, 0.5) is 4.79 Å². The van der Waals surface area contributed by atoms with Crippen molar-refractivity contribution >= 4 is 17.5 Å². The first kappa shape index (κ1) is 17.3. The van der Waals surface area contributed by atoms with Crippen LogP contribution in [0.3, 0.4) is 0 Å². The van der Waals surface area contributed by atoms with Gasteiger partial charge < -0.3 is 14.6 Å². The zero-order chi connectivity index (χ0) is 19.3. The summed E-state index contributed by atoms with van der Waals surface area (Å²) >= 11 is 0. The van der Waals surface area contributed by atoms with Gasteiger partial charge in [0.05, 0.1) is 30.5 Å². The summed E-state index contributed by atoms with van der Waals surface area (Å²) in [4.78, 5) is 30.5. The number of benzene rings is 1. The molecule has 27 heavy (non-hydrogen) atoms. The van der Waals surface area contributed by atoms with Gasteiger partial charge in [0.1, 0.15) is 11.6 Å². The number of amides is 3. The zero-order valence-electron chi connectivity index (χ0n) is 15.8. The number of aryl methyl sites for hydroxylation is 1. The van der Waals surface area contributed by atoms with Crippen LogP contribution in [-0.2, 0) is 4.79 Å². The summed E-state index contributed by atoms with van der Waals surface area (Å²) in [5.74, 6) is 0.994. The van der Waals surface area contributed by atoms with Crippen molar-refractivity contribution in [1.82, 2.24) is 19.8 Å². The molecule has 2 aliphatic rings. The molecule has 2 aromatic rings. The lowest BCUT2D eigenvalue weighted by Crippen LogP contribution is -2.33. The van der Waals surface area contributed by atoms with Crippen molar-refractivity contribution in [1.29, 1.82) is 0 Å². The lowest BCUT2D eigenvalue weighted by Gasteiger charge is -2.16. The maximum atomic E-state index is 12.7. The van der Waals surface area contributed by atoms with Gasteiger partial charge in [-0.25, -0.2) is 14.7 Å². The highest BCUT2D eigenvalue weighted by Gasteiger charge is 2.48. The average Bonchev–Trinajstić information content (AvgIpc) is 3.31. The zero-order valence-corrected chi connectivity index (χ0v) is 15.8. The Morgan fingerprint density at radius 2 is 2.07 bits per heavy atom. The number of carbonyl (C=O) groups excluding carboxylic acids is 2. The van der Waals surface area contributed by atoms with E-state index in [-0.39, 0.29) is 23.9 Å². The van der Waals surface area contributed by atoms with E-state index < -0.39 is 0 Å². The van der Waals surface area contributed by atoms with Crippen LogP contribution >= 0.6 is 0 Å². The number of hydrogen-bond donors (Lipinski definition) is 1. The minimum absolute atomic E-state index is 0.150. The Hall–Kier alpha value is -3.09. The van der Waals surface area contributed by atoms with Crippen molar-refractivity contribution in [2.24, 2.45) is 5.92 Å². The van der Waals surface area contributed by atoms with Crippen LogP contribution in [0.15, 0.2) is 36.3 Å². The van der Waals surface area contributed by atoms with Gasteiger partial charge >= 0.3 is 6.03 Å². The lowest BCUT2D eigenvalue weighted by atomic mass is 9.92. The van der Waals surface area contributed by atoms with E-state index in [0.717, 1.165) is 34.8 Å². The second kappa shape index (κ2) is 6.26. The maximum absolute atomic E-state index is 12.7. The Morgan fingerprint density at radius 3 is 2.70 bits per heavy atom. The molecule has 0 aliphatic carbocycles. The predicted molar refractivity (Wildman–Crippen MR) is 100 cm³/mol. The molecule has 140 valence electrons. The summed E-state index contributed by atoms with van der Waals surface area (Å²) in [6.45, 7) is 5.77. The van der Waals surface area contributed by atoms with Crippen LogP contribution in [0, 0.1) is 12.8 Å². The highest BCUT2D eigenvalue weighted by atomic mass is 16.5. The minimum atomic E-state index is -0.370. The number of methoxy groups -OCH3 is 1. The van der Waals surface area contributed by atoms with E-state index in [1.165, 1.54) is 4.90 Å². The van der Waals surface area contributed by atoms with Gasteiger partial charge in [0.2, 0.25) is 5.91 Å². The van der Waals surface area contributed by atoms with Crippen molar-refractivity contribution in [3.63, 3.8) is 0 Å². The highest BCUT2D eigenvalue weighted by molar-refractivity contribution is 6.11. The maximum Gasteiger partial charge on any atom is 0.329 e. The Balaban J connectivity index is 1.87. The van der Waals surface area contributed by atoms with E-state index in [4.69, 9.17) is 4.74 Å². The summed E-state index contributed by atoms with van der Waals surface area (Å²) < 4.78 is 7.57. The van der Waals surface area contributed by atoms with Crippen molar-refractivity contribution in [3.05, 3.63) is 47.7 Å². The molecule has 0 saturated carbocycles. The van der Waals surface area contributed by atoms with Crippen LogP contribution < -0.4 is 10.1 Å². The van der Waals surface area contributed by atoms with E-state index in [1.807, 2.05) is 49.7 Å². The summed E-state index contributed by atoms with van der Waals surface area (Å²) in [5.41, 5.74) is 3.43. The fraction of sp³-hybridized carbons (Fsp3) is 0.350. The van der Waals surface area contributed by atoms with Gasteiger partial charge in [-0.05, 0) is 43.5 Å². The van der Waals surface area contributed by atoms with Gasteiger partial charge in [0.15, 0.2) is 0 Å². The summed E-state index contributed by atoms with van der Waals surface area (Å²) in [7, 11) is 1.62. The minimum Gasteiger partial charge on any atom is -0.495 e. The molecule has 4 rings (SSSR count). The van der Waals surface area contributed by atoms with Gasteiger partial charge in [0.25, 0.3) is 0 Å². The molecule has 0 bridgehead atoms. The van der Waals surface area contributed by atoms with Gasteiger partial charge in [-0.2, -0.15) is 0 Å². The first-order valence-corrected chi connectivity index (χ1v) is 9.05. The van der Waals surface area contributed by atoms with Crippen molar-refractivity contribution in [2.75, 3.05) is 7.11 Å². The number of imidazole rings is 1. The third-order valence-corrected chi connectivity index (χ3v) is 5.36. The molecule has 3 heterocycles. The monoisotopic (exact) mass is 366 g/mol. The SMILES string of the molecule is CCC1NC(=O)N2C(=O)C(C)C(c3ccc(-n4ccnc4C)c(OC)c3)=C12. The molecule has 2 unspecified atom stereocenters. The van der Waals surface area contributed by atoms with Crippen LogP contribution in [0.5, 0.6) is 5.75 Å². The standard InChI is InChI=1S/C20H22N4O3/c1-5-14-18-17(11(2)19(25)24(18)20(26)22-14)13-6-7-15(16(10-13)27-4)23-9-8-21-12(23)3/h6-11,14H,5H2,1-4H3,(H,22,26). The molecule has 1 N–H and O–H groups in total. The number of nitrogens with one attached hydrogen (secondary N) is 1. The molecule has 1 fully saturated rings. The molecule has 7 nitrogen and oxygen atoms in total. The Bertz CT molecular complexity index is 975. The number of nitrogens with zero attached hydrogens (tertiary/aromatic N) is 3. The largest absolute Gasteiger partial charge is 0.495 e. The van der Waals surface area contributed by atoms with Crippen LogP contribution in [0.2, 0.25) is 0 Å². The first-order valence-electron chi connectivity index (χ1n) is 9.05. The van der Waals surface area contributed by atoms with Crippen LogP contribution in [0.1, 0.15) is 31.7 Å². The highest BCUT2D eigenvalue weighted by Crippen LogP contribution is 2.43. The quantitative estimate of drug-likeness (QED) is 0.903.